The molecule has 5 heteroatoms. The van der Waals surface area contributed by atoms with Gasteiger partial charge in [0.15, 0.2) is 0 Å². The zero-order valence-corrected chi connectivity index (χ0v) is 10.8. The summed E-state index contributed by atoms with van der Waals surface area (Å²) in [5, 5.41) is 15.3. The van der Waals surface area contributed by atoms with Gasteiger partial charge in [-0.3, -0.25) is 9.59 Å². The molecule has 2 aliphatic rings. The van der Waals surface area contributed by atoms with Crippen LogP contribution in [-0.4, -0.2) is 36.1 Å². The lowest BCUT2D eigenvalue weighted by Gasteiger charge is -2.30. The van der Waals surface area contributed by atoms with Crippen LogP contribution in [0.25, 0.3) is 0 Å². The summed E-state index contributed by atoms with van der Waals surface area (Å²) < 4.78 is 0. The van der Waals surface area contributed by atoms with E-state index < -0.39 is 11.9 Å². The maximum absolute atomic E-state index is 12.1. The Labute approximate surface area is 107 Å². The Balaban J connectivity index is 1.94. The highest BCUT2D eigenvalue weighted by atomic mass is 16.4. The average Bonchev–Trinajstić information content (AvgIpc) is 2.76. The first kappa shape index (κ1) is 13.3. The number of hydrogen-bond donors (Lipinski definition) is 3. The summed E-state index contributed by atoms with van der Waals surface area (Å²) in [6, 6.07) is -0.184. The van der Waals surface area contributed by atoms with Gasteiger partial charge in [0.05, 0.1) is 11.8 Å². The molecule has 3 N–H and O–H groups in total. The van der Waals surface area contributed by atoms with Crippen molar-refractivity contribution >= 4 is 11.9 Å². The number of carboxylic acids is 1. The number of carboxylic acid groups (broad SMARTS) is 1. The Morgan fingerprint density at radius 1 is 1.17 bits per heavy atom. The molecular formula is C13H22N2O3. The van der Waals surface area contributed by atoms with E-state index in [9.17, 15) is 14.7 Å². The lowest BCUT2D eigenvalue weighted by Crippen LogP contribution is -2.48. The van der Waals surface area contributed by atoms with Gasteiger partial charge in [-0.1, -0.05) is 19.8 Å². The van der Waals surface area contributed by atoms with E-state index in [0.29, 0.717) is 18.9 Å². The smallest absolute Gasteiger partial charge is 0.308 e. The molecule has 4 atom stereocenters. The van der Waals surface area contributed by atoms with Gasteiger partial charge in [0.25, 0.3) is 0 Å². The van der Waals surface area contributed by atoms with Gasteiger partial charge in [-0.25, -0.2) is 0 Å². The number of amides is 1. The standard InChI is InChI=1S/C13H22N2O3/c1-8-6-14-7-10(8)12(16)15-11-5-3-2-4-9(11)13(17)18/h8-11,14H,2-7H2,1H3,(H,15,16)(H,17,18). The first-order chi connectivity index (χ1) is 8.59. The summed E-state index contributed by atoms with van der Waals surface area (Å²) in [6.45, 7) is 3.63. The molecule has 4 unspecified atom stereocenters. The zero-order chi connectivity index (χ0) is 13.1. The fraction of sp³-hybridized carbons (Fsp3) is 0.846. The SMILES string of the molecule is CC1CNCC1C(=O)NC1CCCCC1C(=O)O. The van der Waals surface area contributed by atoms with Crippen LogP contribution < -0.4 is 10.6 Å². The van der Waals surface area contributed by atoms with Gasteiger partial charge in [0, 0.05) is 12.6 Å². The molecule has 0 spiro atoms. The topological polar surface area (TPSA) is 78.4 Å². The molecular weight excluding hydrogens is 232 g/mol. The van der Waals surface area contributed by atoms with Crippen molar-refractivity contribution < 1.29 is 14.7 Å². The van der Waals surface area contributed by atoms with Crippen molar-refractivity contribution in [2.24, 2.45) is 17.8 Å². The van der Waals surface area contributed by atoms with E-state index in [4.69, 9.17) is 0 Å². The van der Waals surface area contributed by atoms with E-state index in [2.05, 4.69) is 17.6 Å². The summed E-state index contributed by atoms with van der Waals surface area (Å²) >= 11 is 0. The molecule has 2 fully saturated rings. The molecule has 5 nitrogen and oxygen atoms in total. The van der Waals surface area contributed by atoms with Crippen molar-refractivity contribution in [1.82, 2.24) is 10.6 Å². The second kappa shape index (κ2) is 5.69. The van der Waals surface area contributed by atoms with Gasteiger partial charge in [0.2, 0.25) is 5.91 Å². The number of carbonyl (C=O) groups excluding carboxylic acids is 1. The van der Waals surface area contributed by atoms with E-state index in [1.54, 1.807) is 0 Å². The van der Waals surface area contributed by atoms with Crippen LogP contribution in [0.1, 0.15) is 32.6 Å². The van der Waals surface area contributed by atoms with Crippen molar-refractivity contribution in [2.75, 3.05) is 13.1 Å². The molecule has 18 heavy (non-hydrogen) atoms. The van der Waals surface area contributed by atoms with Gasteiger partial charge < -0.3 is 15.7 Å². The van der Waals surface area contributed by atoms with Gasteiger partial charge in [-0.05, 0) is 25.3 Å². The minimum atomic E-state index is -0.780. The third-order valence-electron chi connectivity index (χ3n) is 4.27. The van der Waals surface area contributed by atoms with Gasteiger partial charge >= 0.3 is 5.97 Å². The predicted octanol–water partition coefficient (Wildman–Crippen LogP) is 0.601. The molecule has 1 aliphatic heterocycles. The predicted molar refractivity (Wildman–Crippen MR) is 67.0 cm³/mol. The third-order valence-corrected chi connectivity index (χ3v) is 4.27. The monoisotopic (exact) mass is 254 g/mol. The van der Waals surface area contributed by atoms with Crippen LogP contribution >= 0.6 is 0 Å². The largest absolute Gasteiger partial charge is 0.481 e. The van der Waals surface area contributed by atoms with E-state index in [1.165, 1.54) is 0 Å². The summed E-state index contributed by atoms with van der Waals surface area (Å²) in [7, 11) is 0. The lowest BCUT2D eigenvalue weighted by atomic mass is 9.84. The maximum Gasteiger partial charge on any atom is 0.308 e. The van der Waals surface area contributed by atoms with Crippen LogP contribution in [0.5, 0.6) is 0 Å². The first-order valence-electron chi connectivity index (χ1n) is 6.83. The number of rotatable bonds is 3. The van der Waals surface area contributed by atoms with Gasteiger partial charge in [0.1, 0.15) is 0 Å². The average molecular weight is 254 g/mol. The van der Waals surface area contributed by atoms with Crippen molar-refractivity contribution in [3.05, 3.63) is 0 Å². The van der Waals surface area contributed by atoms with Crippen LogP contribution in [-0.2, 0) is 9.59 Å². The highest BCUT2D eigenvalue weighted by Gasteiger charge is 2.35. The minimum absolute atomic E-state index is 0.0126. The molecule has 0 radical (unpaired) electrons. The molecule has 1 aliphatic carbocycles. The Morgan fingerprint density at radius 3 is 2.50 bits per heavy atom. The normalized spacial score (nSPS) is 36.3. The lowest BCUT2D eigenvalue weighted by molar-refractivity contribution is -0.144. The van der Waals surface area contributed by atoms with Crippen LogP contribution in [0.4, 0.5) is 0 Å². The second-order valence-corrected chi connectivity index (χ2v) is 5.59. The molecule has 1 saturated heterocycles. The fourth-order valence-electron chi connectivity index (χ4n) is 3.05. The molecule has 2 rings (SSSR count). The van der Waals surface area contributed by atoms with Crippen molar-refractivity contribution in [3.8, 4) is 0 Å². The summed E-state index contributed by atoms with van der Waals surface area (Å²) in [5.74, 6) is -0.853. The number of aliphatic carboxylic acids is 1. The van der Waals surface area contributed by atoms with E-state index in [1.807, 2.05) is 0 Å². The number of carbonyl (C=O) groups is 2. The maximum atomic E-state index is 12.1. The molecule has 102 valence electrons. The highest BCUT2D eigenvalue weighted by Crippen LogP contribution is 2.25. The molecule has 1 saturated carbocycles. The van der Waals surface area contributed by atoms with Crippen molar-refractivity contribution in [1.29, 1.82) is 0 Å². The molecule has 0 aromatic rings. The van der Waals surface area contributed by atoms with Crippen molar-refractivity contribution in [3.63, 3.8) is 0 Å². The number of hydrogen-bond acceptors (Lipinski definition) is 3. The zero-order valence-electron chi connectivity index (χ0n) is 10.8. The van der Waals surface area contributed by atoms with E-state index in [-0.39, 0.29) is 17.9 Å². The molecule has 0 bridgehead atoms. The van der Waals surface area contributed by atoms with Crippen molar-refractivity contribution in [2.45, 2.75) is 38.6 Å². The number of nitrogens with one attached hydrogen (secondary N) is 2. The first-order valence-corrected chi connectivity index (χ1v) is 6.83. The van der Waals surface area contributed by atoms with E-state index >= 15 is 0 Å². The summed E-state index contributed by atoms with van der Waals surface area (Å²) in [4.78, 5) is 23.3. The van der Waals surface area contributed by atoms with Crippen LogP contribution in [0.2, 0.25) is 0 Å². The van der Waals surface area contributed by atoms with E-state index in [0.717, 1.165) is 25.8 Å². The van der Waals surface area contributed by atoms with Crippen LogP contribution in [0.15, 0.2) is 0 Å². The van der Waals surface area contributed by atoms with Gasteiger partial charge in [-0.2, -0.15) is 0 Å². The fourth-order valence-corrected chi connectivity index (χ4v) is 3.05. The van der Waals surface area contributed by atoms with Crippen LogP contribution in [0, 0.1) is 17.8 Å². The molecule has 1 heterocycles. The Bertz CT molecular complexity index is 332. The van der Waals surface area contributed by atoms with Crippen LogP contribution in [0.3, 0.4) is 0 Å². The Kier molecular flexibility index (Phi) is 4.22. The molecule has 1 amide bonds. The molecule has 0 aromatic heterocycles. The second-order valence-electron chi connectivity index (χ2n) is 5.59. The quantitative estimate of drug-likeness (QED) is 0.689. The minimum Gasteiger partial charge on any atom is -0.481 e. The van der Waals surface area contributed by atoms with Gasteiger partial charge in [-0.15, -0.1) is 0 Å². The summed E-state index contributed by atoms with van der Waals surface area (Å²) in [6.07, 6.45) is 3.42. The summed E-state index contributed by atoms with van der Waals surface area (Å²) in [5.41, 5.74) is 0. The highest BCUT2D eigenvalue weighted by molar-refractivity contribution is 5.81. The third kappa shape index (κ3) is 2.83. The Morgan fingerprint density at radius 2 is 1.89 bits per heavy atom. The Hall–Kier alpha value is -1.10. The molecule has 0 aromatic carbocycles.